The van der Waals surface area contributed by atoms with Gasteiger partial charge in [0.2, 0.25) is 5.89 Å². The maximum atomic E-state index is 12.9. The molecule has 0 unspecified atom stereocenters. The maximum absolute atomic E-state index is 12.9. The fourth-order valence-corrected chi connectivity index (χ4v) is 3.51. The number of para-hydroxylation sites is 1. The van der Waals surface area contributed by atoms with Gasteiger partial charge in [-0.3, -0.25) is 4.79 Å². The number of furan rings is 1. The number of carbonyl (C=O) groups is 1. The molecule has 0 radical (unpaired) electrons. The lowest BCUT2D eigenvalue weighted by Crippen LogP contribution is -2.14. The summed E-state index contributed by atoms with van der Waals surface area (Å²) in [5.74, 6) is 0.993. The van der Waals surface area contributed by atoms with E-state index in [0.717, 1.165) is 21.9 Å². The van der Waals surface area contributed by atoms with E-state index >= 15 is 0 Å². The molecule has 3 aromatic carbocycles. The molecule has 1 amide bonds. The molecule has 0 aliphatic carbocycles. The molecule has 6 nitrogen and oxygen atoms in total. The van der Waals surface area contributed by atoms with Gasteiger partial charge in [0.15, 0.2) is 5.69 Å². The molecular weight excluding hydrogens is 380 g/mol. The van der Waals surface area contributed by atoms with Crippen LogP contribution >= 0.6 is 0 Å². The second-order valence-electron chi connectivity index (χ2n) is 6.89. The Morgan fingerprint density at radius 3 is 2.50 bits per heavy atom. The maximum Gasteiger partial charge on any atom is 0.278 e. The van der Waals surface area contributed by atoms with E-state index in [4.69, 9.17) is 13.6 Å². The van der Waals surface area contributed by atoms with Crippen molar-refractivity contribution < 1.29 is 18.4 Å². The van der Waals surface area contributed by atoms with Crippen molar-refractivity contribution in [3.05, 3.63) is 78.2 Å². The van der Waals surface area contributed by atoms with Crippen molar-refractivity contribution in [2.75, 3.05) is 12.4 Å². The minimum Gasteiger partial charge on any atom is -0.495 e. The van der Waals surface area contributed by atoms with Crippen molar-refractivity contribution in [3.8, 4) is 17.2 Å². The predicted octanol–water partition coefficient (Wildman–Crippen LogP) is 5.81. The average Bonchev–Trinajstić information content (AvgIpc) is 3.33. The lowest BCUT2D eigenvalue weighted by molar-refractivity contribution is 0.102. The molecule has 0 saturated heterocycles. The Bertz CT molecular complexity index is 1380. The smallest absolute Gasteiger partial charge is 0.278 e. The summed E-state index contributed by atoms with van der Waals surface area (Å²) >= 11 is 0. The third-order valence-corrected chi connectivity index (χ3v) is 4.98. The standard InChI is InChI=1S/C24H18N2O4/c1-14-22(26-24(29-14)15-8-4-3-5-9-15)23(27)25-18-13-20-17(12-21(18)28-2)16-10-6-7-11-19(16)30-20/h3-13H,1-2H3,(H,25,27). The van der Waals surface area contributed by atoms with E-state index < -0.39 is 0 Å². The minimum absolute atomic E-state index is 0.223. The quantitative estimate of drug-likeness (QED) is 0.413. The van der Waals surface area contributed by atoms with E-state index in [0.29, 0.717) is 28.7 Å². The van der Waals surface area contributed by atoms with Crippen LogP contribution in [0.15, 0.2) is 75.6 Å². The molecule has 1 N–H and O–H groups in total. The summed E-state index contributed by atoms with van der Waals surface area (Å²) < 4.78 is 17.1. The number of nitrogens with zero attached hydrogens (tertiary/aromatic N) is 1. The van der Waals surface area contributed by atoms with Crippen LogP contribution in [-0.4, -0.2) is 18.0 Å². The Kier molecular flexibility index (Phi) is 4.25. The first kappa shape index (κ1) is 18.0. The van der Waals surface area contributed by atoms with Gasteiger partial charge >= 0.3 is 0 Å². The van der Waals surface area contributed by atoms with E-state index in [1.807, 2.05) is 60.7 Å². The molecular formula is C24H18N2O4. The first-order valence-electron chi connectivity index (χ1n) is 9.47. The summed E-state index contributed by atoms with van der Waals surface area (Å²) in [5, 5.41) is 4.78. The van der Waals surface area contributed by atoms with Gasteiger partial charge in [-0.25, -0.2) is 4.98 Å². The molecule has 0 spiro atoms. The summed E-state index contributed by atoms with van der Waals surface area (Å²) in [4.78, 5) is 17.3. The van der Waals surface area contributed by atoms with Crippen LogP contribution in [0.4, 0.5) is 5.69 Å². The van der Waals surface area contributed by atoms with Crippen molar-refractivity contribution in [2.45, 2.75) is 6.92 Å². The van der Waals surface area contributed by atoms with Gasteiger partial charge in [-0.1, -0.05) is 36.4 Å². The second-order valence-corrected chi connectivity index (χ2v) is 6.89. The van der Waals surface area contributed by atoms with Gasteiger partial charge < -0.3 is 18.9 Å². The number of benzene rings is 3. The predicted molar refractivity (Wildman–Crippen MR) is 115 cm³/mol. The zero-order valence-corrected chi connectivity index (χ0v) is 16.4. The average molecular weight is 398 g/mol. The Labute approximate surface area is 172 Å². The summed E-state index contributed by atoms with van der Waals surface area (Å²) in [6.07, 6.45) is 0. The lowest BCUT2D eigenvalue weighted by atomic mass is 10.1. The van der Waals surface area contributed by atoms with E-state index in [2.05, 4.69) is 10.3 Å². The molecule has 148 valence electrons. The number of amides is 1. The fraction of sp³-hybridized carbons (Fsp3) is 0.0833. The number of hydrogen-bond donors (Lipinski definition) is 1. The van der Waals surface area contributed by atoms with Crippen molar-refractivity contribution in [2.24, 2.45) is 0 Å². The number of nitrogens with one attached hydrogen (secondary N) is 1. The van der Waals surface area contributed by atoms with Crippen LogP contribution in [0.2, 0.25) is 0 Å². The molecule has 0 fully saturated rings. The number of carbonyl (C=O) groups excluding carboxylic acids is 1. The van der Waals surface area contributed by atoms with Crippen LogP contribution in [0.25, 0.3) is 33.4 Å². The second kappa shape index (κ2) is 7.08. The van der Waals surface area contributed by atoms with Crippen LogP contribution < -0.4 is 10.1 Å². The van der Waals surface area contributed by atoms with E-state index in [9.17, 15) is 4.79 Å². The molecule has 5 aromatic rings. The van der Waals surface area contributed by atoms with Crippen LogP contribution in [0, 0.1) is 6.92 Å². The van der Waals surface area contributed by atoms with Gasteiger partial charge in [-0.15, -0.1) is 0 Å². The van der Waals surface area contributed by atoms with Crippen molar-refractivity contribution >= 4 is 33.5 Å². The highest BCUT2D eigenvalue weighted by molar-refractivity contribution is 6.09. The molecule has 0 aliphatic rings. The monoisotopic (exact) mass is 398 g/mol. The van der Waals surface area contributed by atoms with E-state index in [1.165, 1.54) is 0 Å². The van der Waals surface area contributed by atoms with E-state index in [-0.39, 0.29) is 11.6 Å². The molecule has 2 aromatic heterocycles. The van der Waals surface area contributed by atoms with Crippen LogP contribution in [0.5, 0.6) is 5.75 Å². The number of hydrogen-bond acceptors (Lipinski definition) is 5. The third-order valence-electron chi connectivity index (χ3n) is 4.98. The molecule has 6 heteroatoms. The molecule has 2 heterocycles. The SMILES string of the molecule is COc1cc2c(cc1NC(=O)c1nc(-c3ccccc3)oc1C)oc1ccccc12. The zero-order chi connectivity index (χ0) is 20.7. The number of fused-ring (bicyclic) bond motifs is 3. The molecule has 0 bridgehead atoms. The molecule has 30 heavy (non-hydrogen) atoms. The lowest BCUT2D eigenvalue weighted by Gasteiger charge is -2.09. The third kappa shape index (κ3) is 2.99. The van der Waals surface area contributed by atoms with Crippen LogP contribution in [-0.2, 0) is 0 Å². The Morgan fingerprint density at radius 2 is 1.70 bits per heavy atom. The number of oxazole rings is 1. The zero-order valence-electron chi connectivity index (χ0n) is 16.4. The Hall–Kier alpha value is -4.06. The highest BCUT2D eigenvalue weighted by atomic mass is 16.5. The van der Waals surface area contributed by atoms with Gasteiger partial charge in [-0.2, -0.15) is 0 Å². The van der Waals surface area contributed by atoms with Gasteiger partial charge in [-0.05, 0) is 31.2 Å². The van der Waals surface area contributed by atoms with Gasteiger partial charge in [0.05, 0.1) is 12.8 Å². The first-order chi connectivity index (χ1) is 14.6. The highest BCUT2D eigenvalue weighted by Gasteiger charge is 2.20. The van der Waals surface area contributed by atoms with Crippen LogP contribution in [0.1, 0.15) is 16.2 Å². The summed E-state index contributed by atoms with van der Waals surface area (Å²) in [7, 11) is 1.56. The van der Waals surface area contributed by atoms with Gasteiger partial charge in [0, 0.05) is 22.4 Å². The number of aryl methyl sites for hydroxylation is 1. The Balaban J connectivity index is 1.51. The van der Waals surface area contributed by atoms with Crippen molar-refractivity contribution in [1.29, 1.82) is 0 Å². The molecule has 0 atom stereocenters. The van der Waals surface area contributed by atoms with Crippen molar-refractivity contribution in [1.82, 2.24) is 4.98 Å². The number of ether oxygens (including phenoxy) is 1. The minimum atomic E-state index is -0.382. The molecule has 5 rings (SSSR count). The summed E-state index contributed by atoms with van der Waals surface area (Å²) in [6.45, 7) is 1.72. The number of anilines is 1. The number of methoxy groups -OCH3 is 1. The van der Waals surface area contributed by atoms with Crippen LogP contribution in [0.3, 0.4) is 0 Å². The molecule has 0 aliphatic heterocycles. The normalized spacial score (nSPS) is 11.1. The van der Waals surface area contributed by atoms with Gasteiger partial charge in [0.25, 0.3) is 5.91 Å². The largest absolute Gasteiger partial charge is 0.495 e. The van der Waals surface area contributed by atoms with Gasteiger partial charge in [0.1, 0.15) is 22.7 Å². The highest BCUT2D eigenvalue weighted by Crippen LogP contribution is 2.36. The first-order valence-corrected chi connectivity index (χ1v) is 9.47. The molecule has 0 saturated carbocycles. The Morgan fingerprint density at radius 1 is 0.933 bits per heavy atom. The van der Waals surface area contributed by atoms with E-state index in [1.54, 1.807) is 20.1 Å². The topological polar surface area (TPSA) is 77.5 Å². The summed E-state index contributed by atoms with van der Waals surface area (Å²) in [5.41, 5.74) is 2.96. The fourth-order valence-electron chi connectivity index (χ4n) is 3.51. The number of rotatable bonds is 4. The number of aromatic nitrogens is 1. The summed E-state index contributed by atoms with van der Waals surface area (Å²) in [6, 6.07) is 20.8. The van der Waals surface area contributed by atoms with Crippen molar-refractivity contribution in [3.63, 3.8) is 0 Å².